The highest BCUT2D eigenvalue weighted by atomic mass is 16.7. The van der Waals surface area contributed by atoms with E-state index in [2.05, 4.69) is 10.0 Å². The van der Waals surface area contributed by atoms with Gasteiger partial charge in [-0.3, -0.25) is 9.59 Å². The average molecular weight is 515 g/mol. The van der Waals surface area contributed by atoms with Crippen LogP contribution < -0.4 is 0 Å². The number of nitrogens with zero attached hydrogens (tertiary/aromatic N) is 3. The Kier molecular flexibility index (Phi) is 6.80. The molecule has 11 nitrogen and oxygen atoms in total. The molecule has 2 N–H and O–H groups in total. The van der Waals surface area contributed by atoms with Crippen LogP contribution in [0.3, 0.4) is 0 Å². The van der Waals surface area contributed by atoms with E-state index in [4.69, 9.17) is 19.7 Å². The summed E-state index contributed by atoms with van der Waals surface area (Å²) < 4.78 is 16.9. The molecule has 0 bridgehead atoms. The van der Waals surface area contributed by atoms with Crippen molar-refractivity contribution in [2.75, 3.05) is 6.61 Å². The van der Waals surface area contributed by atoms with Crippen LogP contribution in [-0.4, -0.2) is 52.8 Å². The number of ether oxygens (including phenoxy) is 3. The molecule has 1 saturated heterocycles. The van der Waals surface area contributed by atoms with Crippen molar-refractivity contribution < 1.29 is 38.8 Å². The molecular weight excluding hydrogens is 494 g/mol. The minimum Gasteiger partial charge on any atom is -0.507 e. The summed E-state index contributed by atoms with van der Waals surface area (Å²) >= 11 is 0. The van der Waals surface area contributed by atoms with E-state index < -0.39 is 41.7 Å². The Hall–Kier alpha value is -4.70. The van der Waals surface area contributed by atoms with Gasteiger partial charge in [-0.1, -0.05) is 35.4 Å². The predicted octanol–water partition coefficient (Wildman–Crippen LogP) is 4.04. The third kappa shape index (κ3) is 4.69. The maximum atomic E-state index is 13.0. The fraction of sp³-hybridized carbons (Fsp3) is 0.222. The van der Waals surface area contributed by atoms with Crippen LogP contribution in [0, 0.1) is 0 Å². The summed E-state index contributed by atoms with van der Waals surface area (Å²) in [6.07, 6.45) is -1.55. The lowest BCUT2D eigenvalue weighted by molar-refractivity contribution is -0.197. The molecule has 0 aromatic heterocycles. The molecule has 0 spiro atoms. The number of hydrogen-bond acceptors (Lipinski definition) is 9. The molecule has 11 heteroatoms. The average Bonchev–Trinajstić information content (AvgIpc) is 2.92. The fourth-order valence-electron chi connectivity index (χ4n) is 4.54. The number of hydrogen-bond donors (Lipinski definition) is 2. The van der Waals surface area contributed by atoms with E-state index >= 15 is 0 Å². The molecular formula is C27H21N3O8. The first-order valence-electron chi connectivity index (χ1n) is 11.7. The van der Waals surface area contributed by atoms with Gasteiger partial charge in [0, 0.05) is 22.5 Å². The minimum absolute atomic E-state index is 0.00360. The summed E-state index contributed by atoms with van der Waals surface area (Å²) in [4.78, 5) is 41.2. The second kappa shape index (κ2) is 10.3. The van der Waals surface area contributed by atoms with E-state index in [1.165, 1.54) is 30.3 Å². The lowest BCUT2D eigenvalue weighted by Gasteiger charge is -2.33. The van der Waals surface area contributed by atoms with E-state index in [0.29, 0.717) is 11.1 Å². The zero-order valence-electron chi connectivity index (χ0n) is 19.8. The molecule has 1 heterocycles. The number of fused-ring (bicyclic) bond motifs is 2. The third-order valence-electron chi connectivity index (χ3n) is 6.38. The molecule has 3 aromatic rings. The molecule has 1 aliphatic heterocycles. The Morgan fingerprint density at radius 3 is 2.53 bits per heavy atom. The summed E-state index contributed by atoms with van der Waals surface area (Å²) in [5.74, 6) is -2.49. The van der Waals surface area contributed by atoms with Gasteiger partial charge in [-0.25, -0.2) is 4.79 Å². The van der Waals surface area contributed by atoms with Crippen molar-refractivity contribution in [3.8, 4) is 11.5 Å². The number of phenols is 2. The Morgan fingerprint density at radius 2 is 1.76 bits per heavy atom. The highest BCUT2D eigenvalue weighted by Crippen LogP contribution is 2.37. The summed E-state index contributed by atoms with van der Waals surface area (Å²) in [6.45, 7) is -0.174. The SMILES string of the molecule is [N-]=[N+]=N[C@@H]1C[C@H](OCc2cc(O)c3c(c2)C(=O)c2cccc(O)c2C3=O)OC[C@@H]1OC(=O)c1ccccc1. The van der Waals surface area contributed by atoms with E-state index in [9.17, 15) is 24.6 Å². The minimum atomic E-state index is -0.828. The van der Waals surface area contributed by atoms with E-state index in [-0.39, 0.29) is 47.6 Å². The van der Waals surface area contributed by atoms with Crippen LogP contribution in [0.4, 0.5) is 0 Å². The summed E-state index contributed by atoms with van der Waals surface area (Å²) in [7, 11) is 0. The number of rotatable bonds is 6. The van der Waals surface area contributed by atoms with E-state index in [1.807, 2.05) is 0 Å². The molecule has 3 atom stereocenters. The first-order chi connectivity index (χ1) is 18.4. The highest BCUT2D eigenvalue weighted by molar-refractivity contribution is 6.30. The van der Waals surface area contributed by atoms with Crippen molar-refractivity contribution in [2.24, 2.45) is 5.11 Å². The zero-order valence-corrected chi connectivity index (χ0v) is 19.8. The second-order valence-corrected chi connectivity index (χ2v) is 8.79. The van der Waals surface area contributed by atoms with Gasteiger partial charge in [0.15, 0.2) is 12.1 Å². The molecule has 0 saturated carbocycles. The van der Waals surface area contributed by atoms with Gasteiger partial charge in [0.2, 0.25) is 5.78 Å². The maximum absolute atomic E-state index is 13.0. The van der Waals surface area contributed by atoms with Crippen molar-refractivity contribution in [1.29, 1.82) is 0 Å². The predicted molar refractivity (Wildman–Crippen MR) is 131 cm³/mol. The van der Waals surface area contributed by atoms with Crippen molar-refractivity contribution in [3.05, 3.63) is 104 Å². The van der Waals surface area contributed by atoms with Crippen LogP contribution in [0.1, 0.15) is 54.2 Å². The van der Waals surface area contributed by atoms with Gasteiger partial charge in [0.05, 0.1) is 35.9 Å². The van der Waals surface area contributed by atoms with Gasteiger partial charge in [0.1, 0.15) is 17.6 Å². The fourth-order valence-corrected chi connectivity index (χ4v) is 4.54. The van der Waals surface area contributed by atoms with E-state index in [0.717, 1.165) is 0 Å². The largest absolute Gasteiger partial charge is 0.507 e. The molecule has 2 aliphatic rings. The third-order valence-corrected chi connectivity index (χ3v) is 6.38. The molecule has 1 aliphatic carbocycles. The van der Waals surface area contributed by atoms with Crippen LogP contribution in [0.2, 0.25) is 0 Å². The zero-order chi connectivity index (χ0) is 26.8. The summed E-state index contributed by atoms with van der Waals surface area (Å²) in [5, 5.41) is 24.4. The van der Waals surface area contributed by atoms with Crippen molar-refractivity contribution in [2.45, 2.75) is 31.5 Å². The Balaban J connectivity index is 1.28. The van der Waals surface area contributed by atoms with Crippen LogP contribution in [-0.2, 0) is 20.8 Å². The van der Waals surface area contributed by atoms with Crippen molar-refractivity contribution in [1.82, 2.24) is 0 Å². The number of azide groups is 1. The Bertz CT molecular complexity index is 1480. The van der Waals surface area contributed by atoms with Gasteiger partial charge in [-0.05, 0) is 41.4 Å². The Labute approximate surface area is 215 Å². The monoisotopic (exact) mass is 515 g/mol. The van der Waals surface area contributed by atoms with Crippen molar-refractivity contribution in [3.63, 3.8) is 0 Å². The number of carbonyl (C=O) groups is 3. The number of aromatic hydroxyl groups is 2. The number of ketones is 2. The molecule has 3 aromatic carbocycles. The number of carbonyl (C=O) groups excluding carboxylic acids is 3. The molecule has 38 heavy (non-hydrogen) atoms. The molecule has 192 valence electrons. The first kappa shape index (κ1) is 25.0. The molecule has 0 amide bonds. The summed E-state index contributed by atoms with van der Waals surface area (Å²) in [6, 6.07) is 14.6. The first-order valence-corrected chi connectivity index (χ1v) is 11.7. The van der Waals surface area contributed by atoms with Gasteiger partial charge in [-0.2, -0.15) is 0 Å². The van der Waals surface area contributed by atoms with Crippen LogP contribution in [0.5, 0.6) is 11.5 Å². The highest BCUT2D eigenvalue weighted by Gasteiger charge is 2.36. The van der Waals surface area contributed by atoms with Crippen LogP contribution in [0.15, 0.2) is 65.8 Å². The number of benzene rings is 3. The maximum Gasteiger partial charge on any atom is 0.338 e. The lowest BCUT2D eigenvalue weighted by Crippen LogP contribution is -2.43. The smallest absolute Gasteiger partial charge is 0.338 e. The lowest BCUT2D eigenvalue weighted by atomic mass is 9.82. The quantitative estimate of drug-likeness (QED) is 0.168. The summed E-state index contributed by atoms with van der Waals surface area (Å²) in [5.41, 5.74) is 9.45. The van der Waals surface area contributed by atoms with Gasteiger partial charge in [-0.15, -0.1) is 0 Å². The van der Waals surface area contributed by atoms with Crippen molar-refractivity contribution >= 4 is 17.5 Å². The normalized spacial score (nSPS) is 20.2. The van der Waals surface area contributed by atoms with Crippen LogP contribution in [0.25, 0.3) is 10.4 Å². The topological polar surface area (TPSA) is 168 Å². The standard InChI is InChI=1S/C27H21N3O8/c28-30-29-18-11-22(37-13-21(18)38-27(35)15-5-2-1-3-6-15)36-12-14-9-17-24(20(32)10-14)26(34)23-16(25(17)33)7-4-8-19(23)31/h1-10,18,21-22,31-32H,11-13H2/t18-,21+,22-/m1/s1. The molecule has 1 fully saturated rings. The molecule has 0 unspecified atom stereocenters. The number of esters is 1. The molecule has 5 rings (SSSR count). The van der Waals surface area contributed by atoms with E-state index in [1.54, 1.807) is 30.3 Å². The van der Waals surface area contributed by atoms with Crippen LogP contribution >= 0.6 is 0 Å². The molecule has 0 radical (unpaired) electrons. The number of phenolic OH excluding ortho intramolecular Hbond substituents is 2. The second-order valence-electron chi connectivity index (χ2n) is 8.79. The van der Waals surface area contributed by atoms with Gasteiger partial charge in [0.25, 0.3) is 0 Å². The van der Waals surface area contributed by atoms with Gasteiger partial charge < -0.3 is 24.4 Å². The Morgan fingerprint density at radius 1 is 1.00 bits per heavy atom. The van der Waals surface area contributed by atoms with Gasteiger partial charge >= 0.3 is 5.97 Å².